The Morgan fingerprint density at radius 3 is 2.48 bits per heavy atom. The second-order valence-electron chi connectivity index (χ2n) is 4.56. The third-order valence-electron chi connectivity index (χ3n) is 2.87. The summed E-state index contributed by atoms with van der Waals surface area (Å²) in [4.78, 5) is 0. The lowest BCUT2D eigenvalue weighted by Gasteiger charge is -2.19. The van der Waals surface area contributed by atoms with E-state index in [-0.39, 0.29) is 29.3 Å². The summed E-state index contributed by atoms with van der Waals surface area (Å²) in [5.41, 5.74) is -0.861. The number of alkyl halides is 3. The third-order valence-corrected chi connectivity index (χ3v) is 3.20. The van der Waals surface area contributed by atoms with Crippen molar-refractivity contribution >= 4 is 24.0 Å². The van der Waals surface area contributed by atoms with Crippen molar-refractivity contribution in [1.29, 1.82) is 0 Å². The van der Waals surface area contributed by atoms with Gasteiger partial charge in [-0.2, -0.15) is 13.2 Å². The summed E-state index contributed by atoms with van der Waals surface area (Å²) in [5, 5.41) is 2.69. The smallest absolute Gasteiger partial charge is 0.417 e. The molecule has 0 saturated carbocycles. The van der Waals surface area contributed by atoms with Gasteiger partial charge in [0.1, 0.15) is 5.75 Å². The van der Waals surface area contributed by atoms with Crippen LogP contribution in [0.4, 0.5) is 13.2 Å². The van der Waals surface area contributed by atoms with Crippen LogP contribution in [0.1, 0.15) is 31.7 Å². The highest BCUT2D eigenvalue weighted by atomic mass is 35.5. The van der Waals surface area contributed by atoms with Crippen molar-refractivity contribution in [3.63, 3.8) is 0 Å². The van der Waals surface area contributed by atoms with Crippen molar-refractivity contribution in [3.8, 4) is 5.75 Å². The Morgan fingerprint density at radius 2 is 1.95 bits per heavy atom. The van der Waals surface area contributed by atoms with Crippen molar-refractivity contribution < 1.29 is 17.9 Å². The zero-order valence-electron chi connectivity index (χ0n) is 12.0. The third kappa shape index (κ3) is 6.76. The van der Waals surface area contributed by atoms with E-state index in [0.29, 0.717) is 0 Å². The summed E-state index contributed by atoms with van der Waals surface area (Å²) in [7, 11) is 1.83. The van der Waals surface area contributed by atoms with Crippen LogP contribution in [0.3, 0.4) is 0 Å². The van der Waals surface area contributed by atoms with Gasteiger partial charge in [0.15, 0.2) is 0 Å². The van der Waals surface area contributed by atoms with E-state index in [0.717, 1.165) is 31.9 Å². The van der Waals surface area contributed by atoms with Crippen LogP contribution in [-0.2, 0) is 6.18 Å². The lowest BCUT2D eigenvalue weighted by atomic mass is 10.1. The molecule has 1 rings (SSSR count). The van der Waals surface area contributed by atoms with Gasteiger partial charge in [-0.25, -0.2) is 0 Å². The van der Waals surface area contributed by atoms with E-state index < -0.39 is 11.7 Å². The Hall–Kier alpha value is -0.650. The summed E-state index contributed by atoms with van der Waals surface area (Å²) < 4.78 is 43.9. The molecule has 1 aromatic carbocycles. The SMILES string of the molecule is CCC[C@H](CCNC)Oc1ccc(Cl)c(C(F)(F)F)c1.Cl. The molecule has 0 radical (unpaired) electrons. The molecule has 1 aromatic rings. The number of hydrogen-bond donors (Lipinski definition) is 1. The molecule has 0 aliphatic carbocycles. The van der Waals surface area contributed by atoms with Crippen LogP contribution in [0.2, 0.25) is 5.02 Å². The molecule has 0 heterocycles. The van der Waals surface area contributed by atoms with Crippen LogP contribution in [0.15, 0.2) is 18.2 Å². The van der Waals surface area contributed by atoms with Crippen LogP contribution in [0.5, 0.6) is 5.75 Å². The van der Waals surface area contributed by atoms with Gasteiger partial charge in [-0.3, -0.25) is 0 Å². The summed E-state index contributed by atoms with van der Waals surface area (Å²) in [5.74, 6) is 0.205. The van der Waals surface area contributed by atoms with Crippen LogP contribution < -0.4 is 10.1 Å². The molecule has 2 nitrogen and oxygen atoms in total. The standard InChI is InChI=1S/C14H19ClF3NO.ClH/c1-3-4-10(7-8-19-2)20-11-5-6-13(15)12(9-11)14(16,17)18;/h5-6,9-10,19H,3-4,7-8H2,1-2H3;1H/t10-;/m1./s1. The Kier molecular flexibility index (Phi) is 9.09. The van der Waals surface area contributed by atoms with Crippen molar-refractivity contribution in [3.05, 3.63) is 28.8 Å². The lowest BCUT2D eigenvalue weighted by Crippen LogP contribution is -2.22. The first-order valence-electron chi connectivity index (χ1n) is 6.56. The maximum Gasteiger partial charge on any atom is 0.417 e. The zero-order valence-corrected chi connectivity index (χ0v) is 13.5. The molecular formula is C14H20Cl2F3NO. The molecule has 0 fully saturated rings. The summed E-state index contributed by atoms with van der Waals surface area (Å²) in [6.07, 6.45) is -2.12. The van der Waals surface area contributed by atoms with Crippen molar-refractivity contribution in [2.45, 2.75) is 38.5 Å². The van der Waals surface area contributed by atoms with E-state index in [9.17, 15) is 13.2 Å². The zero-order chi connectivity index (χ0) is 15.2. The van der Waals surface area contributed by atoms with E-state index in [1.165, 1.54) is 12.1 Å². The molecule has 0 aliphatic heterocycles. The van der Waals surface area contributed by atoms with Gasteiger partial charge >= 0.3 is 6.18 Å². The average Bonchev–Trinajstić information content (AvgIpc) is 2.37. The Bertz CT molecular complexity index is 427. The Morgan fingerprint density at radius 1 is 1.29 bits per heavy atom. The minimum atomic E-state index is -4.47. The van der Waals surface area contributed by atoms with Crippen molar-refractivity contribution in [2.75, 3.05) is 13.6 Å². The van der Waals surface area contributed by atoms with Crippen LogP contribution in [0.25, 0.3) is 0 Å². The van der Waals surface area contributed by atoms with Crippen molar-refractivity contribution in [2.24, 2.45) is 0 Å². The highest BCUT2D eigenvalue weighted by Gasteiger charge is 2.33. The van der Waals surface area contributed by atoms with Gasteiger partial charge in [-0.05, 0) is 44.6 Å². The minimum Gasteiger partial charge on any atom is -0.490 e. The molecule has 7 heteroatoms. The van der Waals surface area contributed by atoms with E-state index in [1.54, 1.807) is 0 Å². The minimum absolute atomic E-state index is 0. The quantitative estimate of drug-likeness (QED) is 0.755. The first kappa shape index (κ1) is 20.3. The normalized spacial score (nSPS) is 12.7. The molecule has 1 atom stereocenters. The predicted molar refractivity (Wildman–Crippen MR) is 81.6 cm³/mol. The van der Waals surface area contributed by atoms with Crippen LogP contribution >= 0.6 is 24.0 Å². The molecule has 0 amide bonds. The molecule has 21 heavy (non-hydrogen) atoms. The number of hydrogen-bond acceptors (Lipinski definition) is 2. The largest absolute Gasteiger partial charge is 0.490 e. The lowest BCUT2D eigenvalue weighted by molar-refractivity contribution is -0.137. The van der Waals surface area contributed by atoms with Crippen molar-refractivity contribution in [1.82, 2.24) is 5.32 Å². The van der Waals surface area contributed by atoms with Gasteiger partial charge in [-0.15, -0.1) is 12.4 Å². The van der Waals surface area contributed by atoms with Gasteiger partial charge in [0, 0.05) is 0 Å². The molecule has 1 N–H and O–H groups in total. The highest BCUT2D eigenvalue weighted by molar-refractivity contribution is 6.31. The van der Waals surface area contributed by atoms with Crippen LogP contribution in [-0.4, -0.2) is 19.7 Å². The Labute approximate surface area is 134 Å². The van der Waals surface area contributed by atoms with Crippen LogP contribution in [0, 0.1) is 0 Å². The maximum absolute atomic E-state index is 12.8. The van der Waals surface area contributed by atoms with Gasteiger partial charge < -0.3 is 10.1 Å². The topological polar surface area (TPSA) is 21.3 Å². The number of nitrogens with one attached hydrogen (secondary N) is 1. The second-order valence-corrected chi connectivity index (χ2v) is 4.97. The fraction of sp³-hybridized carbons (Fsp3) is 0.571. The molecule has 0 saturated heterocycles. The second kappa shape index (κ2) is 9.38. The van der Waals surface area contributed by atoms with E-state index >= 15 is 0 Å². The molecule has 0 aliphatic rings. The van der Waals surface area contributed by atoms with Gasteiger partial charge in [-0.1, -0.05) is 24.9 Å². The van der Waals surface area contributed by atoms with Gasteiger partial charge in [0.05, 0.1) is 16.7 Å². The van der Waals surface area contributed by atoms with Gasteiger partial charge in [0.25, 0.3) is 0 Å². The summed E-state index contributed by atoms with van der Waals surface area (Å²) >= 11 is 5.58. The monoisotopic (exact) mass is 345 g/mol. The fourth-order valence-corrected chi connectivity index (χ4v) is 2.10. The number of benzene rings is 1. The first-order chi connectivity index (χ1) is 9.38. The molecule has 0 bridgehead atoms. The highest BCUT2D eigenvalue weighted by Crippen LogP contribution is 2.37. The fourth-order valence-electron chi connectivity index (χ4n) is 1.88. The number of rotatable bonds is 7. The molecule has 0 spiro atoms. The summed E-state index contributed by atoms with van der Waals surface area (Å²) in [6, 6.07) is 3.66. The Balaban J connectivity index is 0.00000400. The predicted octanol–water partition coefficient (Wildman–Crippen LogP) is 4.94. The number of halogens is 5. The van der Waals surface area contributed by atoms with E-state index in [2.05, 4.69) is 5.32 Å². The molecule has 122 valence electrons. The average molecular weight is 346 g/mol. The number of ether oxygens (including phenoxy) is 1. The van der Waals surface area contributed by atoms with Gasteiger partial charge in [0.2, 0.25) is 0 Å². The summed E-state index contributed by atoms with van der Waals surface area (Å²) in [6.45, 7) is 2.77. The molecular weight excluding hydrogens is 326 g/mol. The molecule has 0 aromatic heterocycles. The maximum atomic E-state index is 12.8. The molecule has 0 unspecified atom stereocenters. The van der Waals surface area contributed by atoms with E-state index in [4.69, 9.17) is 16.3 Å². The van der Waals surface area contributed by atoms with E-state index in [1.807, 2.05) is 14.0 Å². The first-order valence-corrected chi connectivity index (χ1v) is 6.94.